The molecule has 0 aliphatic heterocycles. The first-order valence-electron chi connectivity index (χ1n) is 7.45. The van der Waals surface area contributed by atoms with Crippen LogP contribution < -0.4 is 5.32 Å². The lowest BCUT2D eigenvalue weighted by atomic mass is 10.1. The summed E-state index contributed by atoms with van der Waals surface area (Å²) in [6.07, 6.45) is 3.22. The van der Waals surface area contributed by atoms with E-state index >= 15 is 0 Å². The number of nitrogens with zero attached hydrogens (tertiary/aromatic N) is 1. The van der Waals surface area contributed by atoms with Crippen molar-refractivity contribution in [2.75, 3.05) is 13.2 Å². The van der Waals surface area contributed by atoms with Gasteiger partial charge in [0.05, 0.1) is 6.21 Å². The Morgan fingerprint density at radius 1 is 1.13 bits per heavy atom. The third-order valence-corrected chi connectivity index (χ3v) is 3.15. The molecular formula is C18H19FN2O2. The van der Waals surface area contributed by atoms with E-state index in [1.54, 1.807) is 12.1 Å². The standard InChI is InChI=1S/C18H19FN2O2/c19-17-10-8-16(9-11-17)13-21-23-14-18(22)20-12-4-7-15-5-2-1-3-6-15/h1-3,5-6,8-11,13H,4,7,12,14H2,(H,20,22)/b21-13+. The maximum Gasteiger partial charge on any atom is 0.260 e. The second kappa shape index (κ2) is 9.35. The number of carbonyl (C=O) groups is 1. The highest BCUT2D eigenvalue weighted by Gasteiger charge is 2.00. The Balaban J connectivity index is 1.57. The van der Waals surface area contributed by atoms with Gasteiger partial charge in [0.2, 0.25) is 0 Å². The quantitative estimate of drug-likeness (QED) is 0.463. The number of carbonyl (C=O) groups excluding carboxylic acids is 1. The van der Waals surface area contributed by atoms with Crippen molar-refractivity contribution in [3.05, 3.63) is 71.5 Å². The molecule has 2 rings (SSSR count). The molecule has 0 radical (unpaired) electrons. The van der Waals surface area contributed by atoms with E-state index < -0.39 is 0 Å². The lowest BCUT2D eigenvalue weighted by molar-refractivity contribution is -0.125. The van der Waals surface area contributed by atoms with Gasteiger partial charge in [0.1, 0.15) is 5.82 Å². The molecule has 0 bridgehead atoms. The second-order valence-corrected chi connectivity index (χ2v) is 5.00. The summed E-state index contributed by atoms with van der Waals surface area (Å²) in [7, 11) is 0. The van der Waals surface area contributed by atoms with Gasteiger partial charge in [-0.2, -0.15) is 0 Å². The Hall–Kier alpha value is -2.69. The molecule has 4 nitrogen and oxygen atoms in total. The van der Waals surface area contributed by atoms with Gasteiger partial charge in [0, 0.05) is 6.54 Å². The highest BCUT2D eigenvalue weighted by Crippen LogP contribution is 2.01. The normalized spacial score (nSPS) is 10.7. The first-order chi connectivity index (χ1) is 11.2. The maximum absolute atomic E-state index is 12.7. The molecule has 0 spiro atoms. The average molecular weight is 314 g/mol. The number of rotatable bonds is 8. The second-order valence-electron chi connectivity index (χ2n) is 5.00. The van der Waals surface area contributed by atoms with Crippen LogP contribution in [0.15, 0.2) is 59.8 Å². The van der Waals surface area contributed by atoms with Crippen LogP contribution in [0.25, 0.3) is 0 Å². The number of hydrogen-bond donors (Lipinski definition) is 1. The van der Waals surface area contributed by atoms with Crippen molar-refractivity contribution < 1.29 is 14.0 Å². The number of halogens is 1. The smallest absolute Gasteiger partial charge is 0.260 e. The van der Waals surface area contributed by atoms with E-state index in [4.69, 9.17) is 4.84 Å². The van der Waals surface area contributed by atoms with E-state index in [-0.39, 0.29) is 18.3 Å². The van der Waals surface area contributed by atoms with Gasteiger partial charge in [-0.1, -0.05) is 47.6 Å². The fourth-order valence-electron chi connectivity index (χ4n) is 1.96. The minimum Gasteiger partial charge on any atom is -0.386 e. The molecule has 0 aromatic heterocycles. The molecule has 5 heteroatoms. The van der Waals surface area contributed by atoms with Crippen molar-refractivity contribution in [3.8, 4) is 0 Å². The van der Waals surface area contributed by atoms with Gasteiger partial charge < -0.3 is 10.2 Å². The molecule has 0 saturated heterocycles. The third-order valence-electron chi connectivity index (χ3n) is 3.15. The molecule has 0 heterocycles. The molecule has 0 aliphatic rings. The van der Waals surface area contributed by atoms with E-state index in [9.17, 15) is 9.18 Å². The number of benzene rings is 2. The highest BCUT2D eigenvalue weighted by molar-refractivity contribution is 5.79. The van der Waals surface area contributed by atoms with Crippen LogP contribution in [-0.4, -0.2) is 25.3 Å². The van der Waals surface area contributed by atoms with E-state index in [0.717, 1.165) is 12.8 Å². The predicted molar refractivity (Wildman–Crippen MR) is 87.7 cm³/mol. The van der Waals surface area contributed by atoms with Crippen LogP contribution in [0.4, 0.5) is 4.39 Å². The Bertz CT molecular complexity index is 627. The Labute approximate surface area is 135 Å². The fraction of sp³-hybridized carbons (Fsp3) is 0.222. The first-order valence-corrected chi connectivity index (χ1v) is 7.45. The molecule has 23 heavy (non-hydrogen) atoms. The van der Waals surface area contributed by atoms with Crippen molar-refractivity contribution >= 4 is 12.1 Å². The lowest BCUT2D eigenvalue weighted by Crippen LogP contribution is -2.28. The number of oxime groups is 1. The van der Waals surface area contributed by atoms with Gasteiger partial charge in [-0.3, -0.25) is 4.79 Å². The molecule has 0 atom stereocenters. The molecule has 0 aliphatic carbocycles. The molecule has 2 aromatic carbocycles. The van der Waals surface area contributed by atoms with E-state index in [0.29, 0.717) is 12.1 Å². The summed E-state index contributed by atoms with van der Waals surface area (Å²) in [6.45, 7) is 0.460. The number of aryl methyl sites for hydroxylation is 1. The highest BCUT2D eigenvalue weighted by atomic mass is 19.1. The zero-order valence-corrected chi connectivity index (χ0v) is 12.7. The number of nitrogens with one attached hydrogen (secondary N) is 1. The molecule has 0 unspecified atom stereocenters. The van der Waals surface area contributed by atoms with Crippen molar-refractivity contribution in [1.29, 1.82) is 0 Å². The average Bonchev–Trinajstić information content (AvgIpc) is 2.58. The lowest BCUT2D eigenvalue weighted by Gasteiger charge is -2.04. The van der Waals surface area contributed by atoms with Crippen molar-refractivity contribution in [2.45, 2.75) is 12.8 Å². The summed E-state index contributed by atoms with van der Waals surface area (Å²) in [5, 5.41) is 6.45. The molecule has 1 N–H and O–H groups in total. The van der Waals surface area contributed by atoms with Gasteiger partial charge in [0.15, 0.2) is 6.61 Å². The van der Waals surface area contributed by atoms with Crippen LogP contribution in [0.5, 0.6) is 0 Å². The van der Waals surface area contributed by atoms with Crippen LogP contribution in [0.1, 0.15) is 17.5 Å². The minimum atomic E-state index is -0.307. The number of hydrogen-bond acceptors (Lipinski definition) is 3. The molecular weight excluding hydrogens is 295 g/mol. The van der Waals surface area contributed by atoms with Crippen molar-refractivity contribution in [3.63, 3.8) is 0 Å². The summed E-state index contributed by atoms with van der Waals surface area (Å²) >= 11 is 0. The Morgan fingerprint density at radius 3 is 2.61 bits per heavy atom. The summed E-state index contributed by atoms with van der Waals surface area (Å²) in [6, 6.07) is 15.9. The summed E-state index contributed by atoms with van der Waals surface area (Å²) < 4.78 is 12.7. The van der Waals surface area contributed by atoms with Crippen LogP contribution >= 0.6 is 0 Å². The first kappa shape index (κ1) is 16.7. The van der Waals surface area contributed by atoms with Gasteiger partial charge >= 0.3 is 0 Å². The van der Waals surface area contributed by atoms with Gasteiger partial charge in [-0.05, 0) is 36.1 Å². The van der Waals surface area contributed by atoms with Crippen LogP contribution in [0.2, 0.25) is 0 Å². The molecule has 0 fully saturated rings. The third kappa shape index (κ3) is 6.74. The molecule has 2 aromatic rings. The summed E-state index contributed by atoms with van der Waals surface area (Å²) in [4.78, 5) is 16.5. The van der Waals surface area contributed by atoms with E-state index in [1.807, 2.05) is 18.2 Å². The zero-order chi connectivity index (χ0) is 16.3. The van der Waals surface area contributed by atoms with E-state index in [2.05, 4.69) is 22.6 Å². The van der Waals surface area contributed by atoms with Crippen molar-refractivity contribution in [2.24, 2.45) is 5.16 Å². The minimum absolute atomic E-state index is 0.136. The topological polar surface area (TPSA) is 50.7 Å². The molecule has 120 valence electrons. The number of amides is 1. The fourth-order valence-corrected chi connectivity index (χ4v) is 1.96. The molecule has 0 saturated carbocycles. The zero-order valence-electron chi connectivity index (χ0n) is 12.7. The van der Waals surface area contributed by atoms with Crippen molar-refractivity contribution in [1.82, 2.24) is 5.32 Å². The SMILES string of the molecule is O=C(CO/N=C/c1ccc(F)cc1)NCCCc1ccccc1. The predicted octanol–water partition coefficient (Wildman–Crippen LogP) is 2.93. The summed E-state index contributed by atoms with van der Waals surface area (Å²) in [5.41, 5.74) is 1.96. The van der Waals surface area contributed by atoms with Crippen LogP contribution in [0, 0.1) is 5.82 Å². The van der Waals surface area contributed by atoms with Gasteiger partial charge in [-0.25, -0.2) is 4.39 Å². The van der Waals surface area contributed by atoms with Gasteiger partial charge in [0.25, 0.3) is 5.91 Å². The van der Waals surface area contributed by atoms with Gasteiger partial charge in [-0.15, -0.1) is 0 Å². The summed E-state index contributed by atoms with van der Waals surface area (Å²) in [5.74, 6) is -0.521. The van der Waals surface area contributed by atoms with Crippen LogP contribution in [0.3, 0.4) is 0 Å². The monoisotopic (exact) mass is 314 g/mol. The largest absolute Gasteiger partial charge is 0.386 e. The van der Waals surface area contributed by atoms with Crippen LogP contribution in [-0.2, 0) is 16.1 Å². The van der Waals surface area contributed by atoms with E-state index in [1.165, 1.54) is 23.9 Å². The maximum atomic E-state index is 12.7. The molecule has 1 amide bonds. The Kier molecular flexibility index (Phi) is 6.78. The Morgan fingerprint density at radius 2 is 1.87 bits per heavy atom.